The number of nitrogens with zero attached hydrogens (tertiary/aromatic N) is 2. The lowest BCUT2D eigenvalue weighted by Gasteiger charge is -2.16. The molecule has 33 heavy (non-hydrogen) atoms. The number of aromatic carboxylic acids is 1. The zero-order valence-electron chi connectivity index (χ0n) is 19.9. The van der Waals surface area contributed by atoms with Gasteiger partial charge in [0.2, 0.25) is 0 Å². The van der Waals surface area contributed by atoms with Crippen molar-refractivity contribution in [1.29, 1.82) is 0 Å². The van der Waals surface area contributed by atoms with Gasteiger partial charge in [0.25, 0.3) is 5.91 Å². The summed E-state index contributed by atoms with van der Waals surface area (Å²) in [4.78, 5) is 43.4. The summed E-state index contributed by atoms with van der Waals surface area (Å²) >= 11 is 0.981. The molecule has 0 aliphatic carbocycles. The van der Waals surface area contributed by atoms with Gasteiger partial charge in [-0.05, 0) is 38.0 Å². The molecular weight excluding hydrogens is 440 g/mol. The number of rotatable bonds is 12. The molecule has 9 heteroatoms. The number of unbranched alkanes of at least 4 members (excludes halogenated alkanes) is 5. The number of aryl methyl sites for hydroxylation is 1. The first kappa shape index (κ1) is 26.3. The molecule has 2 heterocycles. The maximum atomic E-state index is 13.0. The Kier molecular flexibility index (Phi) is 10.3. The number of nitrogens with one attached hydrogen (secondary N) is 2. The van der Waals surface area contributed by atoms with E-state index in [4.69, 9.17) is 0 Å². The molecular formula is C24H34N4O4S. The lowest BCUT2D eigenvalue weighted by molar-refractivity contribution is 0.0697. The van der Waals surface area contributed by atoms with Crippen molar-refractivity contribution in [2.24, 2.45) is 0 Å². The van der Waals surface area contributed by atoms with Crippen molar-refractivity contribution in [3.05, 3.63) is 45.6 Å². The Hall–Kier alpha value is -2.94. The minimum atomic E-state index is -1.18. The molecule has 0 saturated carbocycles. The zero-order chi connectivity index (χ0) is 24.4. The Labute approximate surface area is 199 Å². The molecule has 0 atom stereocenters. The molecule has 180 valence electrons. The number of carbonyl (C=O) groups excluding carboxylic acids is 2. The summed E-state index contributed by atoms with van der Waals surface area (Å²) in [5.41, 5.74) is 1.88. The van der Waals surface area contributed by atoms with Crippen molar-refractivity contribution in [2.45, 2.75) is 65.8 Å². The first-order chi connectivity index (χ1) is 15.7. The summed E-state index contributed by atoms with van der Waals surface area (Å²) in [7, 11) is 1.65. The van der Waals surface area contributed by atoms with Crippen LogP contribution in [0.5, 0.6) is 0 Å². The third kappa shape index (κ3) is 7.85. The number of urea groups is 1. The van der Waals surface area contributed by atoms with Crippen LogP contribution in [-0.2, 0) is 6.54 Å². The molecule has 2 aromatic rings. The Balaban J connectivity index is 2.03. The van der Waals surface area contributed by atoms with E-state index in [9.17, 15) is 19.5 Å². The summed E-state index contributed by atoms with van der Waals surface area (Å²) < 4.78 is 0. The molecule has 0 aliphatic heterocycles. The molecule has 0 radical (unpaired) electrons. The van der Waals surface area contributed by atoms with Gasteiger partial charge in [-0.3, -0.25) is 15.1 Å². The van der Waals surface area contributed by atoms with Gasteiger partial charge in [0, 0.05) is 19.3 Å². The number of carbonyl (C=O) groups is 3. The molecule has 0 unspecified atom stereocenters. The topological polar surface area (TPSA) is 112 Å². The number of thiophene rings is 1. The molecule has 2 rings (SSSR count). The summed E-state index contributed by atoms with van der Waals surface area (Å²) in [6.45, 7) is 6.45. The second kappa shape index (κ2) is 12.9. The molecule has 2 aromatic heterocycles. The third-order valence-electron chi connectivity index (χ3n) is 5.29. The van der Waals surface area contributed by atoms with E-state index in [1.165, 1.54) is 24.2 Å². The molecule has 3 amide bonds. The van der Waals surface area contributed by atoms with Gasteiger partial charge in [-0.2, -0.15) is 0 Å². The number of anilines is 1. The number of pyridine rings is 1. The van der Waals surface area contributed by atoms with Crippen molar-refractivity contribution in [2.75, 3.05) is 18.9 Å². The van der Waals surface area contributed by atoms with Crippen molar-refractivity contribution >= 4 is 34.2 Å². The fourth-order valence-electron chi connectivity index (χ4n) is 3.49. The van der Waals surface area contributed by atoms with Crippen LogP contribution in [0.1, 0.15) is 82.4 Å². The third-order valence-corrected chi connectivity index (χ3v) is 6.48. The van der Waals surface area contributed by atoms with Crippen LogP contribution in [0.3, 0.4) is 0 Å². The zero-order valence-corrected chi connectivity index (χ0v) is 20.7. The van der Waals surface area contributed by atoms with Gasteiger partial charge in [-0.1, -0.05) is 45.1 Å². The first-order valence-electron chi connectivity index (χ1n) is 11.3. The second-order valence-electron chi connectivity index (χ2n) is 8.15. The molecule has 3 N–H and O–H groups in total. The number of aromatic nitrogens is 1. The minimum Gasteiger partial charge on any atom is -0.478 e. The van der Waals surface area contributed by atoms with Gasteiger partial charge >= 0.3 is 12.0 Å². The standard InChI is InChI=1S/C24H34N4O4S/c1-5-6-7-8-9-10-14-25-24(32)27-21-19(23(30)31)17(3)20(33-21)22(29)28(4)15-18-13-11-12-16(2)26-18/h11-13H,5-10,14-15H2,1-4H3,(H,30,31)(H2,25,27,32). The molecule has 8 nitrogen and oxygen atoms in total. The SMILES string of the molecule is CCCCCCCCNC(=O)Nc1sc(C(=O)N(C)Cc2cccc(C)n2)c(C)c1C(=O)O. The smallest absolute Gasteiger partial charge is 0.339 e. The fraction of sp³-hybridized carbons (Fsp3) is 0.500. The average Bonchev–Trinajstić information content (AvgIpc) is 3.08. The highest BCUT2D eigenvalue weighted by atomic mass is 32.1. The summed E-state index contributed by atoms with van der Waals surface area (Å²) in [5.74, 6) is -1.50. The van der Waals surface area contributed by atoms with Gasteiger partial charge in [0.1, 0.15) is 5.00 Å². The lowest BCUT2D eigenvalue weighted by atomic mass is 10.1. The summed E-state index contributed by atoms with van der Waals surface area (Å²) in [6.07, 6.45) is 6.66. The summed E-state index contributed by atoms with van der Waals surface area (Å²) in [5, 5.41) is 15.2. The number of carboxylic acids is 1. The monoisotopic (exact) mass is 474 g/mol. The number of amides is 3. The van der Waals surface area contributed by atoms with E-state index in [1.807, 2.05) is 25.1 Å². The Morgan fingerprint density at radius 3 is 2.45 bits per heavy atom. The number of hydrogen-bond acceptors (Lipinski definition) is 5. The maximum Gasteiger partial charge on any atom is 0.339 e. The Morgan fingerprint density at radius 2 is 1.79 bits per heavy atom. The van der Waals surface area contributed by atoms with Crippen LogP contribution >= 0.6 is 11.3 Å². The van der Waals surface area contributed by atoms with Crippen LogP contribution in [0, 0.1) is 13.8 Å². The van der Waals surface area contributed by atoms with Crippen LogP contribution in [0.2, 0.25) is 0 Å². The molecule has 0 saturated heterocycles. The van der Waals surface area contributed by atoms with E-state index < -0.39 is 12.0 Å². The van der Waals surface area contributed by atoms with E-state index in [0.29, 0.717) is 18.7 Å². The molecule has 0 bridgehead atoms. The van der Waals surface area contributed by atoms with Crippen LogP contribution in [0.4, 0.5) is 9.80 Å². The highest BCUT2D eigenvalue weighted by Gasteiger charge is 2.27. The first-order valence-corrected chi connectivity index (χ1v) is 12.2. The lowest BCUT2D eigenvalue weighted by Crippen LogP contribution is -2.29. The Bertz CT molecular complexity index is 973. The fourth-order valence-corrected chi connectivity index (χ4v) is 4.68. The van der Waals surface area contributed by atoms with Gasteiger partial charge in [0.05, 0.1) is 22.7 Å². The largest absolute Gasteiger partial charge is 0.478 e. The normalized spacial score (nSPS) is 10.7. The van der Waals surface area contributed by atoms with E-state index in [0.717, 1.165) is 42.0 Å². The number of carboxylic acid groups (broad SMARTS) is 1. The van der Waals surface area contributed by atoms with Gasteiger partial charge < -0.3 is 15.3 Å². The predicted molar refractivity (Wildman–Crippen MR) is 131 cm³/mol. The molecule has 0 aliphatic rings. The predicted octanol–water partition coefficient (Wildman–Crippen LogP) is 5.21. The van der Waals surface area contributed by atoms with E-state index >= 15 is 0 Å². The van der Waals surface area contributed by atoms with Crippen LogP contribution in [0.15, 0.2) is 18.2 Å². The van der Waals surface area contributed by atoms with E-state index in [2.05, 4.69) is 22.5 Å². The minimum absolute atomic E-state index is 0.0554. The van der Waals surface area contributed by atoms with Gasteiger partial charge in [0.15, 0.2) is 0 Å². The molecule has 0 aromatic carbocycles. The van der Waals surface area contributed by atoms with Crippen molar-refractivity contribution in [3.8, 4) is 0 Å². The van der Waals surface area contributed by atoms with Crippen LogP contribution < -0.4 is 10.6 Å². The molecule has 0 spiro atoms. The summed E-state index contributed by atoms with van der Waals surface area (Å²) in [6, 6.07) is 5.12. The second-order valence-corrected chi connectivity index (χ2v) is 9.17. The number of hydrogen-bond donors (Lipinski definition) is 3. The Morgan fingerprint density at radius 1 is 1.09 bits per heavy atom. The quantitative estimate of drug-likeness (QED) is 0.366. The van der Waals surface area contributed by atoms with Crippen molar-refractivity contribution < 1.29 is 19.5 Å². The van der Waals surface area contributed by atoms with Gasteiger partial charge in [-0.15, -0.1) is 11.3 Å². The van der Waals surface area contributed by atoms with Crippen LogP contribution in [-0.4, -0.2) is 46.5 Å². The maximum absolute atomic E-state index is 13.0. The van der Waals surface area contributed by atoms with Crippen LogP contribution in [0.25, 0.3) is 0 Å². The van der Waals surface area contributed by atoms with Gasteiger partial charge in [-0.25, -0.2) is 9.59 Å². The van der Waals surface area contributed by atoms with Crippen molar-refractivity contribution in [3.63, 3.8) is 0 Å². The molecule has 0 fully saturated rings. The highest BCUT2D eigenvalue weighted by Crippen LogP contribution is 2.34. The van der Waals surface area contributed by atoms with Crippen molar-refractivity contribution in [1.82, 2.24) is 15.2 Å². The average molecular weight is 475 g/mol. The highest BCUT2D eigenvalue weighted by molar-refractivity contribution is 7.18. The van der Waals surface area contributed by atoms with E-state index in [1.54, 1.807) is 14.0 Å². The van der Waals surface area contributed by atoms with E-state index in [-0.39, 0.29) is 21.3 Å².